The van der Waals surface area contributed by atoms with Crippen molar-refractivity contribution >= 4 is 23.2 Å². The van der Waals surface area contributed by atoms with Crippen LogP contribution in [-0.2, 0) is 6.42 Å². The molecular formula is C16H16Cl2O. The molecule has 1 nitrogen and oxygen atoms in total. The Morgan fingerprint density at radius 1 is 0.947 bits per heavy atom. The maximum atomic E-state index is 10.1. The first kappa shape index (κ1) is 14.4. The second-order valence-electron chi connectivity index (χ2n) is 4.57. The molecule has 100 valence electrons. The highest BCUT2D eigenvalue weighted by Gasteiger charge is 2.09. The number of rotatable bonds is 5. The molecule has 1 atom stereocenters. The molecule has 0 fully saturated rings. The first-order chi connectivity index (χ1) is 9.16. The summed E-state index contributed by atoms with van der Waals surface area (Å²) in [5.74, 6) is 0. The van der Waals surface area contributed by atoms with Gasteiger partial charge in [-0.05, 0) is 42.5 Å². The van der Waals surface area contributed by atoms with Gasteiger partial charge in [-0.1, -0.05) is 59.6 Å². The highest BCUT2D eigenvalue weighted by atomic mass is 35.5. The molecule has 1 N–H and O–H groups in total. The summed E-state index contributed by atoms with van der Waals surface area (Å²) in [5.41, 5.74) is 2.12. The summed E-state index contributed by atoms with van der Waals surface area (Å²) in [5, 5.41) is 11.1. The second kappa shape index (κ2) is 6.95. The van der Waals surface area contributed by atoms with Crippen LogP contribution in [0.25, 0.3) is 0 Å². The van der Waals surface area contributed by atoms with Gasteiger partial charge in [-0.15, -0.1) is 0 Å². The fourth-order valence-corrected chi connectivity index (χ4v) is 2.34. The molecule has 0 aliphatic heterocycles. The van der Waals surface area contributed by atoms with Crippen LogP contribution in [0.15, 0.2) is 48.5 Å². The van der Waals surface area contributed by atoms with Crippen LogP contribution in [0.1, 0.15) is 30.1 Å². The molecule has 2 aromatic carbocycles. The van der Waals surface area contributed by atoms with Gasteiger partial charge in [0.15, 0.2) is 0 Å². The lowest BCUT2D eigenvalue weighted by atomic mass is 10.0. The van der Waals surface area contributed by atoms with Gasteiger partial charge in [0, 0.05) is 0 Å². The van der Waals surface area contributed by atoms with E-state index in [1.54, 1.807) is 12.1 Å². The van der Waals surface area contributed by atoms with Crippen molar-refractivity contribution in [2.45, 2.75) is 25.4 Å². The fraction of sp³-hybridized carbons (Fsp3) is 0.250. The molecule has 2 aromatic rings. The zero-order chi connectivity index (χ0) is 13.7. The molecule has 0 radical (unpaired) electrons. The minimum Gasteiger partial charge on any atom is -0.388 e. The van der Waals surface area contributed by atoms with Crippen LogP contribution in [-0.4, -0.2) is 5.11 Å². The topological polar surface area (TPSA) is 20.2 Å². The Hall–Kier alpha value is -1.02. The van der Waals surface area contributed by atoms with Crippen LogP contribution in [0.4, 0.5) is 0 Å². The molecule has 0 saturated heterocycles. The Kier molecular flexibility index (Phi) is 5.26. The summed E-state index contributed by atoms with van der Waals surface area (Å²) in [7, 11) is 0. The van der Waals surface area contributed by atoms with Crippen molar-refractivity contribution in [1.82, 2.24) is 0 Å². The highest BCUT2D eigenvalue weighted by molar-refractivity contribution is 6.42. The number of aryl methyl sites for hydroxylation is 1. The predicted octanol–water partition coefficient (Wildman–Crippen LogP) is 5.05. The third-order valence-electron chi connectivity index (χ3n) is 3.11. The minimum atomic E-state index is -0.488. The fourth-order valence-electron chi connectivity index (χ4n) is 2.03. The predicted molar refractivity (Wildman–Crippen MR) is 80.8 cm³/mol. The van der Waals surface area contributed by atoms with Crippen LogP contribution in [0, 0.1) is 0 Å². The minimum absolute atomic E-state index is 0.487. The SMILES string of the molecule is OC(CCCc1ccccc1)c1ccc(Cl)c(Cl)c1. The van der Waals surface area contributed by atoms with Crippen molar-refractivity contribution in [3.05, 3.63) is 69.7 Å². The van der Waals surface area contributed by atoms with Crippen LogP contribution < -0.4 is 0 Å². The van der Waals surface area contributed by atoms with E-state index in [1.807, 2.05) is 24.3 Å². The van der Waals surface area contributed by atoms with Crippen molar-refractivity contribution in [2.75, 3.05) is 0 Å². The van der Waals surface area contributed by atoms with Crippen LogP contribution >= 0.6 is 23.2 Å². The van der Waals surface area contributed by atoms with Crippen LogP contribution in [0.5, 0.6) is 0 Å². The molecular weight excluding hydrogens is 279 g/mol. The summed E-state index contributed by atoms with van der Waals surface area (Å²) in [4.78, 5) is 0. The monoisotopic (exact) mass is 294 g/mol. The molecule has 3 heteroatoms. The van der Waals surface area contributed by atoms with Gasteiger partial charge in [0.25, 0.3) is 0 Å². The van der Waals surface area contributed by atoms with Crippen LogP contribution in [0.2, 0.25) is 10.0 Å². The molecule has 0 aliphatic rings. The number of hydrogen-bond donors (Lipinski definition) is 1. The Morgan fingerprint density at radius 2 is 1.68 bits per heavy atom. The van der Waals surface area contributed by atoms with Crippen molar-refractivity contribution < 1.29 is 5.11 Å². The quantitative estimate of drug-likeness (QED) is 0.818. The number of aliphatic hydroxyl groups is 1. The lowest BCUT2D eigenvalue weighted by molar-refractivity contribution is 0.164. The first-order valence-electron chi connectivity index (χ1n) is 6.34. The highest BCUT2D eigenvalue weighted by Crippen LogP contribution is 2.27. The molecule has 19 heavy (non-hydrogen) atoms. The van der Waals surface area contributed by atoms with E-state index in [1.165, 1.54) is 5.56 Å². The third kappa shape index (κ3) is 4.24. The molecule has 0 bridgehead atoms. The average molecular weight is 295 g/mol. The maximum absolute atomic E-state index is 10.1. The Labute approximate surface area is 123 Å². The van der Waals surface area contributed by atoms with Crippen LogP contribution in [0.3, 0.4) is 0 Å². The molecule has 1 unspecified atom stereocenters. The molecule has 2 rings (SSSR count). The number of halogens is 2. The van der Waals surface area contributed by atoms with Crippen molar-refractivity contribution in [3.8, 4) is 0 Å². The van der Waals surface area contributed by atoms with Gasteiger partial charge < -0.3 is 5.11 Å². The first-order valence-corrected chi connectivity index (χ1v) is 7.09. The van der Waals surface area contributed by atoms with E-state index in [4.69, 9.17) is 23.2 Å². The Balaban J connectivity index is 1.87. The largest absolute Gasteiger partial charge is 0.388 e. The normalized spacial score (nSPS) is 12.4. The van der Waals surface area contributed by atoms with Gasteiger partial charge in [-0.2, -0.15) is 0 Å². The van der Waals surface area contributed by atoms with E-state index in [0.717, 1.165) is 18.4 Å². The molecule has 0 aliphatic carbocycles. The Bertz CT molecular complexity index is 526. The van der Waals surface area contributed by atoms with Crippen molar-refractivity contribution in [2.24, 2.45) is 0 Å². The van der Waals surface area contributed by atoms with E-state index < -0.39 is 6.10 Å². The lowest BCUT2D eigenvalue weighted by Gasteiger charge is -2.11. The Morgan fingerprint density at radius 3 is 2.37 bits per heavy atom. The summed E-state index contributed by atoms with van der Waals surface area (Å²) >= 11 is 11.8. The van der Waals surface area contributed by atoms with E-state index in [2.05, 4.69) is 12.1 Å². The molecule has 0 saturated carbocycles. The van der Waals surface area contributed by atoms with Gasteiger partial charge >= 0.3 is 0 Å². The smallest absolute Gasteiger partial charge is 0.0790 e. The third-order valence-corrected chi connectivity index (χ3v) is 3.85. The number of hydrogen-bond acceptors (Lipinski definition) is 1. The zero-order valence-electron chi connectivity index (χ0n) is 10.5. The van der Waals surface area contributed by atoms with E-state index in [0.29, 0.717) is 16.5 Å². The summed E-state index contributed by atoms with van der Waals surface area (Å²) in [6, 6.07) is 15.6. The molecule has 0 aromatic heterocycles. The average Bonchev–Trinajstić information content (AvgIpc) is 2.43. The number of aliphatic hydroxyl groups excluding tert-OH is 1. The summed E-state index contributed by atoms with van der Waals surface area (Å²) < 4.78 is 0. The standard InChI is InChI=1S/C16H16Cl2O/c17-14-10-9-13(11-15(14)18)16(19)8-4-7-12-5-2-1-3-6-12/h1-3,5-6,9-11,16,19H,4,7-8H2. The van der Waals surface area contributed by atoms with Gasteiger partial charge in [-0.25, -0.2) is 0 Å². The molecule has 0 heterocycles. The zero-order valence-corrected chi connectivity index (χ0v) is 12.0. The molecule has 0 amide bonds. The second-order valence-corrected chi connectivity index (χ2v) is 5.38. The van der Waals surface area contributed by atoms with Crippen molar-refractivity contribution in [3.63, 3.8) is 0 Å². The number of benzene rings is 2. The van der Waals surface area contributed by atoms with E-state index in [-0.39, 0.29) is 0 Å². The van der Waals surface area contributed by atoms with E-state index in [9.17, 15) is 5.11 Å². The van der Waals surface area contributed by atoms with E-state index >= 15 is 0 Å². The van der Waals surface area contributed by atoms with Gasteiger partial charge in [0.2, 0.25) is 0 Å². The summed E-state index contributed by atoms with van der Waals surface area (Å²) in [6.45, 7) is 0. The molecule has 0 spiro atoms. The van der Waals surface area contributed by atoms with Gasteiger partial charge in [0.1, 0.15) is 0 Å². The van der Waals surface area contributed by atoms with Gasteiger partial charge in [-0.3, -0.25) is 0 Å². The maximum Gasteiger partial charge on any atom is 0.0790 e. The lowest BCUT2D eigenvalue weighted by Crippen LogP contribution is -1.98. The summed E-state index contributed by atoms with van der Waals surface area (Å²) in [6.07, 6.45) is 2.14. The van der Waals surface area contributed by atoms with Crippen molar-refractivity contribution in [1.29, 1.82) is 0 Å². The van der Waals surface area contributed by atoms with Gasteiger partial charge in [0.05, 0.1) is 16.1 Å².